The number of carbonyl (C=O) groups is 2. The van der Waals surface area contributed by atoms with E-state index in [4.69, 9.17) is 11.6 Å². The Bertz CT molecular complexity index is 821. The number of benzene rings is 2. The molecule has 0 unspecified atom stereocenters. The highest BCUT2D eigenvalue weighted by molar-refractivity contribution is 8.16. The van der Waals surface area contributed by atoms with Crippen molar-refractivity contribution in [3.05, 3.63) is 59.1 Å². The van der Waals surface area contributed by atoms with Gasteiger partial charge in [-0.25, -0.2) is 4.99 Å². The summed E-state index contributed by atoms with van der Waals surface area (Å²) in [6.07, 6.45) is 0.0137. The molecule has 1 aliphatic heterocycles. The molecule has 1 atom stereocenters. The molecule has 1 aliphatic rings. The Labute approximate surface area is 147 Å². The van der Waals surface area contributed by atoms with E-state index in [-0.39, 0.29) is 24.0 Å². The first kappa shape index (κ1) is 16.5. The number of nitrogens with one attached hydrogen (secondary N) is 1. The zero-order valence-electron chi connectivity index (χ0n) is 12.4. The van der Waals surface area contributed by atoms with Gasteiger partial charge in [0.1, 0.15) is 16.0 Å². The van der Waals surface area contributed by atoms with Crippen molar-refractivity contribution in [2.75, 3.05) is 5.32 Å². The first-order chi connectivity index (χ1) is 11.5. The summed E-state index contributed by atoms with van der Waals surface area (Å²) >= 11 is 7.25. The van der Waals surface area contributed by atoms with E-state index >= 15 is 0 Å². The zero-order valence-corrected chi connectivity index (χ0v) is 14.0. The first-order valence-corrected chi connectivity index (χ1v) is 8.41. The molecule has 2 aromatic rings. The van der Waals surface area contributed by atoms with Crippen LogP contribution in [0.15, 0.2) is 53.5 Å². The summed E-state index contributed by atoms with van der Waals surface area (Å²) in [6, 6.07) is 13.3. The smallest absolute Gasteiger partial charge is 0.260 e. The Morgan fingerprint density at radius 1 is 1.21 bits per heavy atom. The molecule has 0 aromatic heterocycles. The van der Waals surface area contributed by atoms with Gasteiger partial charge in [-0.1, -0.05) is 35.5 Å². The summed E-state index contributed by atoms with van der Waals surface area (Å²) in [5.74, 6) is -0.488. The van der Waals surface area contributed by atoms with Crippen LogP contribution >= 0.6 is 23.4 Å². The number of aromatic hydroxyl groups is 1. The van der Waals surface area contributed by atoms with Gasteiger partial charge in [-0.15, -0.1) is 0 Å². The number of hydrogen-bond acceptors (Lipinski definition) is 4. The molecule has 3 rings (SSSR count). The second-order valence-electron chi connectivity index (χ2n) is 5.14. The van der Waals surface area contributed by atoms with Gasteiger partial charge in [-0.2, -0.15) is 0 Å². The summed E-state index contributed by atoms with van der Waals surface area (Å²) in [4.78, 5) is 28.2. The standard InChI is InChI=1S/C17H13ClN2O3S/c18-12-3-1-2-4-13(12)19-15(22)9-14-16(23)20-17(24-14)10-5-7-11(21)8-6-10/h1-8,14,21H,9H2,(H,19,22)/t14-/m1/s1. The van der Waals surface area contributed by atoms with Gasteiger partial charge >= 0.3 is 0 Å². The maximum atomic E-state index is 12.1. The van der Waals surface area contributed by atoms with E-state index in [1.165, 1.54) is 23.9 Å². The quantitative estimate of drug-likeness (QED) is 0.875. The number of carbonyl (C=O) groups excluding carboxylic acids is 2. The average Bonchev–Trinajstić information content (AvgIpc) is 2.91. The van der Waals surface area contributed by atoms with Crippen LogP contribution < -0.4 is 5.32 Å². The minimum atomic E-state index is -0.559. The number of anilines is 1. The van der Waals surface area contributed by atoms with E-state index in [9.17, 15) is 14.7 Å². The molecule has 2 N–H and O–H groups in total. The van der Waals surface area contributed by atoms with Crippen molar-refractivity contribution < 1.29 is 14.7 Å². The Morgan fingerprint density at radius 3 is 2.62 bits per heavy atom. The number of rotatable bonds is 4. The summed E-state index contributed by atoms with van der Waals surface area (Å²) in [6.45, 7) is 0. The monoisotopic (exact) mass is 360 g/mol. The third kappa shape index (κ3) is 3.77. The van der Waals surface area contributed by atoms with Gasteiger partial charge in [0.2, 0.25) is 5.91 Å². The van der Waals surface area contributed by atoms with E-state index < -0.39 is 5.25 Å². The van der Waals surface area contributed by atoms with E-state index in [0.29, 0.717) is 15.8 Å². The number of halogens is 1. The highest BCUT2D eigenvalue weighted by Gasteiger charge is 2.31. The van der Waals surface area contributed by atoms with Crippen molar-refractivity contribution in [1.29, 1.82) is 0 Å². The Balaban J connectivity index is 1.63. The van der Waals surface area contributed by atoms with Crippen LogP contribution in [0.2, 0.25) is 5.02 Å². The van der Waals surface area contributed by atoms with Gasteiger partial charge in [0, 0.05) is 12.0 Å². The lowest BCUT2D eigenvalue weighted by Crippen LogP contribution is -2.21. The van der Waals surface area contributed by atoms with E-state index in [1.807, 2.05) is 0 Å². The van der Waals surface area contributed by atoms with Crippen LogP contribution in [0.3, 0.4) is 0 Å². The lowest BCUT2D eigenvalue weighted by Gasteiger charge is -2.09. The molecule has 0 bridgehead atoms. The fourth-order valence-electron chi connectivity index (χ4n) is 2.18. The van der Waals surface area contributed by atoms with Crippen LogP contribution in [0.25, 0.3) is 0 Å². The lowest BCUT2D eigenvalue weighted by atomic mass is 10.2. The van der Waals surface area contributed by atoms with Crippen LogP contribution in [-0.2, 0) is 9.59 Å². The molecule has 2 amide bonds. The lowest BCUT2D eigenvalue weighted by molar-refractivity contribution is -0.121. The molecule has 24 heavy (non-hydrogen) atoms. The fraction of sp³-hybridized carbons (Fsp3) is 0.118. The zero-order chi connectivity index (χ0) is 17.1. The second kappa shape index (κ2) is 7.07. The minimum Gasteiger partial charge on any atom is -0.508 e. The number of phenols is 1. The van der Waals surface area contributed by atoms with E-state index in [2.05, 4.69) is 10.3 Å². The Kier molecular flexibility index (Phi) is 4.87. The van der Waals surface area contributed by atoms with Crippen LogP contribution in [0, 0.1) is 0 Å². The molecule has 122 valence electrons. The third-order valence-corrected chi connectivity index (χ3v) is 4.91. The third-order valence-electron chi connectivity index (χ3n) is 3.37. The largest absolute Gasteiger partial charge is 0.508 e. The summed E-state index contributed by atoms with van der Waals surface area (Å²) in [5, 5.41) is 12.4. The van der Waals surface area contributed by atoms with Gasteiger partial charge in [0.25, 0.3) is 5.91 Å². The molecule has 0 spiro atoms. The SMILES string of the molecule is O=C(C[C@H]1SC(c2ccc(O)cc2)=NC1=O)Nc1ccccc1Cl. The van der Waals surface area contributed by atoms with Crippen molar-refractivity contribution in [1.82, 2.24) is 0 Å². The van der Waals surface area contributed by atoms with Crippen molar-refractivity contribution in [3.8, 4) is 5.75 Å². The molecule has 0 aliphatic carbocycles. The molecule has 7 heteroatoms. The van der Waals surface area contributed by atoms with Gasteiger partial charge in [0.05, 0.1) is 10.7 Å². The van der Waals surface area contributed by atoms with E-state index in [1.54, 1.807) is 36.4 Å². The van der Waals surface area contributed by atoms with Crippen molar-refractivity contribution in [2.45, 2.75) is 11.7 Å². The molecule has 0 saturated carbocycles. The normalized spacial score (nSPS) is 16.8. The predicted molar refractivity (Wildman–Crippen MR) is 95.7 cm³/mol. The fourth-order valence-corrected chi connectivity index (χ4v) is 3.44. The second-order valence-corrected chi connectivity index (χ2v) is 6.74. The maximum Gasteiger partial charge on any atom is 0.260 e. The van der Waals surface area contributed by atoms with Gasteiger partial charge in [0.15, 0.2) is 0 Å². The average molecular weight is 361 g/mol. The predicted octanol–water partition coefficient (Wildman–Crippen LogP) is 3.46. The molecule has 5 nitrogen and oxygen atoms in total. The molecular formula is C17H13ClN2O3S. The van der Waals surface area contributed by atoms with Crippen LogP contribution in [0.4, 0.5) is 5.69 Å². The highest BCUT2D eigenvalue weighted by Crippen LogP contribution is 2.30. The molecule has 2 aromatic carbocycles. The number of aliphatic imine (C=N–C) groups is 1. The molecular weight excluding hydrogens is 348 g/mol. The highest BCUT2D eigenvalue weighted by atomic mass is 35.5. The number of phenolic OH excluding ortho intramolecular Hbond substituents is 1. The van der Waals surface area contributed by atoms with Gasteiger partial charge < -0.3 is 10.4 Å². The molecule has 0 radical (unpaired) electrons. The van der Waals surface area contributed by atoms with Gasteiger partial charge in [-0.05, 0) is 36.4 Å². The number of hydrogen-bond donors (Lipinski definition) is 2. The summed E-state index contributed by atoms with van der Waals surface area (Å²) < 4.78 is 0. The van der Waals surface area contributed by atoms with Crippen LogP contribution in [-0.4, -0.2) is 27.2 Å². The minimum absolute atomic E-state index is 0.0137. The first-order valence-electron chi connectivity index (χ1n) is 7.16. The number of amides is 2. The van der Waals surface area contributed by atoms with Crippen molar-refractivity contribution in [3.63, 3.8) is 0 Å². The van der Waals surface area contributed by atoms with Crippen molar-refractivity contribution >= 4 is 45.9 Å². The van der Waals surface area contributed by atoms with Crippen molar-refractivity contribution in [2.24, 2.45) is 4.99 Å². The van der Waals surface area contributed by atoms with Crippen LogP contribution in [0.1, 0.15) is 12.0 Å². The number of thioether (sulfide) groups is 1. The Hall–Kier alpha value is -2.31. The maximum absolute atomic E-state index is 12.1. The number of para-hydroxylation sites is 1. The molecule has 1 heterocycles. The van der Waals surface area contributed by atoms with Gasteiger partial charge in [-0.3, -0.25) is 9.59 Å². The molecule has 0 fully saturated rings. The Morgan fingerprint density at radius 2 is 1.92 bits per heavy atom. The van der Waals surface area contributed by atoms with E-state index in [0.717, 1.165) is 5.56 Å². The number of nitrogens with zero attached hydrogens (tertiary/aromatic N) is 1. The van der Waals surface area contributed by atoms with Crippen LogP contribution in [0.5, 0.6) is 5.75 Å². The summed E-state index contributed by atoms with van der Waals surface area (Å²) in [7, 11) is 0. The summed E-state index contributed by atoms with van der Waals surface area (Å²) in [5.41, 5.74) is 1.25. The topological polar surface area (TPSA) is 78.8 Å². The molecule has 0 saturated heterocycles.